The molecule has 0 aliphatic rings. The zero-order chi connectivity index (χ0) is 57.7. The maximum absolute atomic E-state index is 13.0. The lowest BCUT2D eigenvalue weighted by Crippen LogP contribution is -2.45. The van der Waals surface area contributed by atoms with Crippen molar-refractivity contribution in [2.45, 2.75) is 341 Å². The minimum atomic E-state index is -4.61. The van der Waals surface area contributed by atoms with Gasteiger partial charge >= 0.3 is 0 Å². The highest BCUT2D eigenvalue weighted by molar-refractivity contribution is 7.45. The van der Waals surface area contributed by atoms with E-state index >= 15 is 0 Å². The number of phosphoric acid groups is 1. The average molecular weight is 1130 g/mol. The minimum Gasteiger partial charge on any atom is -0.756 e. The Morgan fingerprint density at radius 1 is 0.443 bits per heavy atom. The zero-order valence-electron chi connectivity index (χ0n) is 53.1. The number of nitrogens with zero attached hydrogens (tertiary/aromatic N) is 1. The molecule has 0 aliphatic carbocycles. The van der Waals surface area contributed by atoms with Crippen LogP contribution in [0, 0.1) is 0 Å². The van der Waals surface area contributed by atoms with Crippen molar-refractivity contribution >= 4 is 13.7 Å². The summed E-state index contributed by atoms with van der Waals surface area (Å²) in [5.41, 5.74) is 0. The Morgan fingerprint density at radius 2 is 0.747 bits per heavy atom. The smallest absolute Gasteiger partial charge is 0.268 e. The number of amides is 1. The van der Waals surface area contributed by atoms with Crippen LogP contribution in [0.5, 0.6) is 0 Å². The summed E-state index contributed by atoms with van der Waals surface area (Å²) in [5, 5.41) is 13.9. The van der Waals surface area contributed by atoms with Gasteiger partial charge in [0.1, 0.15) is 13.2 Å². The molecule has 3 atom stereocenters. The highest BCUT2D eigenvalue weighted by atomic mass is 31.2. The number of allylic oxidation sites excluding steroid dienone is 9. The highest BCUT2D eigenvalue weighted by Crippen LogP contribution is 2.38. The maximum atomic E-state index is 13.0. The summed E-state index contributed by atoms with van der Waals surface area (Å²) >= 11 is 0. The number of unbranched alkanes of at least 4 members (excludes halogenated alkanes) is 42. The van der Waals surface area contributed by atoms with Gasteiger partial charge in [0.25, 0.3) is 7.82 Å². The number of likely N-dealkylation sites (N-methyl/N-ethyl adjacent to an activating group) is 1. The van der Waals surface area contributed by atoms with Gasteiger partial charge in [-0.2, -0.15) is 0 Å². The van der Waals surface area contributed by atoms with E-state index in [2.05, 4.69) is 67.8 Å². The molecule has 0 heterocycles. The molecule has 8 nitrogen and oxygen atoms in total. The number of aliphatic hydroxyl groups excluding tert-OH is 1. The number of hydrogen-bond acceptors (Lipinski definition) is 6. The molecule has 0 aromatic rings. The van der Waals surface area contributed by atoms with Crippen LogP contribution in [0.4, 0.5) is 0 Å². The average Bonchev–Trinajstić information content (AvgIpc) is 3.42. The van der Waals surface area contributed by atoms with Crippen molar-refractivity contribution in [3.05, 3.63) is 60.8 Å². The molecule has 464 valence electrons. The number of carbonyl (C=O) groups excluding carboxylic acids is 1. The van der Waals surface area contributed by atoms with E-state index in [-0.39, 0.29) is 12.5 Å². The van der Waals surface area contributed by atoms with Crippen molar-refractivity contribution in [1.82, 2.24) is 5.32 Å². The SMILES string of the molecule is CCCCCCC/C=C\C/C=C\CCCCCCCCCCCCCCCCCCCCCCCC(=O)NC(COP(=O)([O-])OCC[N+](C)(C)C)C(O)/C=C/CC/C=C/CC/C=C/CCCCCCCCCCCCCCCC. The fourth-order valence-corrected chi connectivity index (χ4v) is 10.8. The molecule has 0 fully saturated rings. The standard InChI is InChI=1S/C70H133N2O6P/c1-6-8-10-12-14-16-18-20-22-24-26-28-30-32-33-34-35-36-37-38-39-40-42-44-46-48-50-52-54-56-58-60-62-64-70(74)71-68(67-78-79(75,76)77-66-65-72(3,4)5)69(73)63-61-59-57-55-53-51-49-47-45-43-41-31-29-27-25-23-21-19-17-15-13-11-9-7-2/h18,20,24,26,45,47,53,55,61,63,68-69,73H,6-17,19,21-23,25,27-44,46,48-52,54,56-60,62,64-67H2,1-5H3,(H-,71,74,75,76)/b20-18-,26-24-,47-45+,55-53+,63-61+. The second kappa shape index (κ2) is 60.8. The van der Waals surface area contributed by atoms with E-state index in [0.29, 0.717) is 17.4 Å². The number of hydrogen-bond donors (Lipinski definition) is 2. The normalized spacial score (nSPS) is 14.1. The topological polar surface area (TPSA) is 108 Å². The van der Waals surface area contributed by atoms with Crippen molar-refractivity contribution in [3.8, 4) is 0 Å². The zero-order valence-corrected chi connectivity index (χ0v) is 54.0. The first-order valence-corrected chi connectivity index (χ1v) is 35.6. The van der Waals surface area contributed by atoms with E-state index in [1.807, 2.05) is 27.2 Å². The summed E-state index contributed by atoms with van der Waals surface area (Å²) in [6.07, 6.45) is 83.4. The molecule has 0 aliphatic heterocycles. The van der Waals surface area contributed by atoms with Crippen LogP contribution in [0.25, 0.3) is 0 Å². The summed E-state index contributed by atoms with van der Waals surface area (Å²) in [5.74, 6) is -0.206. The number of aliphatic hydroxyl groups is 1. The number of quaternary nitrogens is 1. The summed E-state index contributed by atoms with van der Waals surface area (Å²) in [7, 11) is 1.24. The lowest BCUT2D eigenvalue weighted by molar-refractivity contribution is -0.870. The molecule has 1 amide bonds. The molecule has 79 heavy (non-hydrogen) atoms. The van der Waals surface area contributed by atoms with Crippen LogP contribution in [0.1, 0.15) is 328 Å². The van der Waals surface area contributed by atoms with Gasteiger partial charge in [-0.1, -0.05) is 306 Å². The van der Waals surface area contributed by atoms with Crippen LogP contribution in [-0.2, 0) is 18.4 Å². The quantitative estimate of drug-likeness (QED) is 0.0272. The summed E-state index contributed by atoms with van der Waals surface area (Å²) in [6.45, 7) is 4.65. The molecule has 3 unspecified atom stereocenters. The third-order valence-electron chi connectivity index (χ3n) is 15.4. The van der Waals surface area contributed by atoms with Gasteiger partial charge in [0.05, 0.1) is 39.9 Å². The molecular weight excluding hydrogens is 996 g/mol. The largest absolute Gasteiger partial charge is 0.756 e. The Balaban J connectivity index is 4.10. The van der Waals surface area contributed by atoms with Crippen LogP contribution in [-0.4, -0.2) is 68.5 Å². The second-order valence-corrected chi connectivity index (χ2v) is 25.9. The van der Waals surface area contributed by atoms with Gasteiger partial charge in [-0.15, -0.1) is 0 Å². The minimum absolute atomic E-state index is 0.00885. The van der Waals surface area contributed by atoms with Crippen molar-refractivity contribution < 1.29 is 32.9 Å². The van der Waals surface area contributed by atoms with Crippen molar-refractivity contribution in [3.63, 3.8) is 0 Å². The molecule has 0 saturated carbocycles. The van der Waals surface area contributed by atoms with Crippen molar-refractivity contribution in [1.29, 1.82) is 0 Å². The predicted molar refractivity (Wildman–Crippen MR) is 344 cm³/mol. The highest BCUT2D eigenvalue weighted by Gasteiger charge is 2.23. The van der Waals surface area contributed by atoms with E-state index < -0.39 is 26.6 Å². The van der Waals surface area contributed by atoms with Gasteiger partial charge in [-0.3, -0.25) is 9.36 Å². The third-order valence-corrected chi connectivity index (χ3v) is 16.4. The molecule has 2 N–H and O–H groups in total. The monoisotopic (exact) mass is 1130 g/mol. The fraction of sp³-hybridized carbons (Fsp3) is 0.843. The molecule has 0 rings (SSSR count). The third kappa shape index (κ3) is 63.6. The molecule has 0 aromatic carbocycles. The van der Waals surface area contributed by atoms with Gasteiger partial charge in [0.2, 0.25) is 5.91 Å². The van der Waals surface area contributed by atoms with Gasteiger partial charge in [-0.05, 0) is 77.0 Å². The Bertz CT molecular complexity index is 1470. The van der Waals surface area contributed by atoms with E-state index in [4.69, 9.17) is 9.05 Å². The van der Waals surface area contributed by atoms with Gasteiger partial charge < -0.3 is 28.8 Å². The molecular formula is C70H133N2O6P. The van der Waals surface area contributed by atoms with E-state index in [1.165, 1.54) is 257 Å². The number of rotatable bonds is 63. The molecule has 0 aromatic heterocycles. The Hall–Kier alpha value is -1.80. The van der Waals surface area contributed by atoms with Crippen molar-refractivity contribution in [2.75, 3.05) is 40.9 Å². The Morgan fingerprint density at radius 3 is 1.10 bits per heavy atom. The summed E-state index contributed by atoms with van der Waals surface area (Å²) in [6, 6.07) is -0.912. The van der Waals surface area contributed by atoms with Gasteiger partial charge in [-0.25, -0.2) is 0 Å². The van der Waals surface area contributed by atoms with Gasteiger partial charge in [0, 0.05) is 6.42 Å². The first-order chi connectivity index (χ1) is 38.5. The first-order valence-electron chi connectivity index (χ1n) is 34.2. The van der Waals surface area contributed by atoms with E-state index in [0.717, 1.165) is 51.4 Å². The van der Waals surface area contributed by atoms with Crippen LogP contribution >= 0.6 is 7.82 Å². The summed E-state index contributed by atoms with van der Waals surface area (Å²) in [4.78, 5) is 25.6. The predicted octanol–water partition coefficient (Wildman–Crippen LogP) is 21.0. The van der Waals surface area contributed by atoms with Crippen molar-refractivity contribution in [2.24, 2.45) is 0 Å². The molecule has 9 heteroatoms. The number of carbonyl (C=O) groups is 1. The molecule has 0 radical (unpaired) electrons. The van der Waals surface area contributed by atoms with Crippen LogP contribution in [0.3, 0.4) is 0 Å². The first kappa shape index (κ1) is 77.2. The summed E-state index contributed by atoms with van der Waals surface area (Å²) < 4.78 is 23.4. The molecule has 0 saturated heterocycles. The maximum Gasteiger partial charge on any atom is 0.268 e. The molecule has 0 bridgehead atoms. The number of phosphoric ester groups is 1. The Kier molecular flexibility index (Phi) is 59.4. The van der Waals surface area contributed by atoms with Gasteiger partial charge in [0.15, 0.2) is 0 Å². The van der Waals surface area contributed by atoms with Crippen LogP contribution in [0.15, 0.2) is 60.8 Å². The lowest BCUT2D eigenvalue weighted by atomic mass is 10.0. The number of nitrogens with one attached hydrogen (secondary N) is 1. The van der Waals surface area contributed by atoms with E-state index in [9.17, 15) is 19.4 Å². The van der Waals surface area contributed by atoms with E-state index in [1.54, 1.807) is 6.08 Å². The van der Waals surface area contributed by atoms with Crippen LogP contribution in [0.2, 0.25) is 0 Å². The molecule has 0 spiro atoms. The van der Waals surface area contributed by atoms with Crippen LogP contribution < -0.4 is 10.2 Å². The fourth-order valence-electron chi connectivity index (χ4n) is 10.1. The lowest BCUT2D eigenvalue weighted by Gasteiger charge is -2.29. The Labute approximate surface area is 492 Å². The second-order valence-electron chi connectivity index (χ2n) is 24.5.